The van der Waals surface area contributed by atoms with E-state index in [2.05, 4.69) is 0 Å². The molecule has 0 spiro atoms. The molecule has 2 fully saturated rings. The molecule has 2 aliphatic rings. The van der Waals surface area contributed by atoms with Crippen molar-refractivity contribution >= 4 is 5.97 Å². The van der Waals surface area contributed by atoms with Gasteiger partial charge in [0.15, 0.2) is 0 Å². The average Bonchev–Trinajstić information content (AvgIpc) is 3.11. The number of rotatable bonds is 5. The van der Waals surface area contributed by atoms with Gasteiger partial charge < -0.3 is 10.5 Å². The summed E-state index contributed by atoms with van der Waals surface area (Å²) in [6, 6.07) is 0. The van der Waals surface area contributed by atoms with E-state index in [4.69, 9.17) is 10.5 Å². The number of hydrogen-bond donors (Lipinski definition) is 1. The van der Waals surface area contributed by atoms with Gasteiger partial charge in [0.1, 0.15) is 0 Å². The van der Waals surface area contributed by atoms with Crippen LogP contribution in [0.3, 0.4) is 0 Å². The maximum Gasteiger partial charge on any atom is 0.306 e. The summed E-state index contributed by atoms with van der Waals surface area (Å²) in [5, 5.41) is 0. The zero-order valence-electron chi connectivity index (χ0n) is 10.0. The van der Waals surface area contributed by atoms with Crippen LogP contribution < -0.4 is 5.73 Å². The van der Waals surface area contributed by atoms with E-state index >= 15 is 0 Å². The van der Waals surface area contributed by atoms with Crippen LogP contribution in [-0.2, 0) is 9.53 Å². The molecule has 0 bridgehead atoms. The minimum atomic E-state index is -0.0285. The molecule has 2 aliphatic carbocycles. The highest BCUT2D eigenvalue weighted by Crippen LogP contribution is 2.38. The number of carbonyl (C=O) groups is 1. The quantitative estimate of drug-likeness (QED) is 0.730. The molecule has 0 aromatic rings. The lowest BCUT2D eigenvalue weighted by atomic mass is 9.72. The molecule has 2 saturated carbocycles. The Labute approximate surface area is 97.7 Å². The Hall–Kier alpha value is -0.570. The van der Waals surface area contributed by atoms with Gasteiger partial charge in [-0.1, -0.05) is 19.3 Å². The molecule has 0 aromatic heterocycles. The molecule has 0 aromatic carbocycles. The van der Waals surface area contributed by atoms with Crippen molar-refractivity contribution in [2.45, 2.75) is 51.4 Å². The van der Waals surface area contributed by atoms with Gasteiger partial charge in [-0.2, -0.15) is 0 Å². The SMILES string of the molecule is NCC1(CC(=O)OCC2CC2)CCCCC1. The first-order valence-corrected chi connectivity index (χ1v) is 6.60. The molecule has 3 heteroatoms. The van der Waals surface area contributed by atoms with E-state index in [9.17, 15) is 4.79 Å². The van der Waals surface area contributed by atoms with Gasteiger partial charge in [0.05, 0.1) is 13.0 Å². The van der Waals surface area contributed by atoms with Gasteiger partial charge in [-0.05, 0) is 43.6 Å². The third kappa shape index (κ3) is 3.21. The van der Waals surface area contributed by atoms with Crippen LogP contribution in [0.1, 0.15) is 51.4 Å². The monoisotopic (exact) mass is 225 g/mol. The molecular formula is C13H23NO2. The topological polar surface area (TPSA) is 52.3 Å². The first-order valence-electron chi connectivity index (χ1n) is 6.60. The highest BCUT2D eigenvalue weighted by molar-refractivity contribution is 5.70. The lowest BCUT2D eigenvalue weighted by Crippen LogP contribution is -2.35. The van der Waals surface area contributed by atoms with Crippen LogP contribution >= 0.6 is 0 Å². The number of ether oxygens (including phenoxy) is 1. The fourth-order valence-corrected chi connectivity index (χ4v) is 2.61. The van der Waals surface area contributed by atoms with E-state index in [-0.39, 0.29) is 11.4 Å². The van der Waals surface area contributed by atoms with Crippen LogP contribution in [0, 0.1) is 11.3 Å². The number of hydrogen-bond acceptors (Lipinski definition) is 3. The summed E-state index contributed by atoms with van der Waals surface area (Å²) in [7, 11) is 0. The Kier molecular flexibility index (Phi) is 3.85. The van der Waals surface area contributed by atoms with Crippen molar-refractivity contribution in [2.24, 2.45) is 17.1 Å². The Morgan fingerprint density at radius 3 is 2.50 bits per heavy atom. The Morgan fingerprint density at radius 1 is 1.25 bits per heavy atom. The van der Waals surface area contributed by atoms with E-state index in [1.165, 1.54) is 32.1 Å². The molecule has 3 nitrogen and oxygen atoms in total. The highest BCUT2D eigenvalue weighted by Gasteiger charge is 2.34. The summed E-state index contributed by atoms with van der Waals surface area (Å²) >= 11 is 0. The molecule has 2 N–H and O–H groups in total. The normalized spacial score (nSPS) is 24.1. The van der Waals surface area contributed by atoms with Crippen LogP contribution in [0.4, 0.5) is 0 Å². The molecule has 0 radical (unpaired) electrons. The molecule has 0 aliphatic heterocycles. The Balaban J connectivity index is 1.77. The molecular weight excluding hydrogens is 202 g/mol. The number of esters is 1. The maximum atomic E-state index is 11.7. The van der Waals surface area contributed by atoms with Gasteiger partial charge in [-0.15, -0.1) is 0 Å². The smallest absolute Gasteiger partial charge is 0.306 e. The van der Waals surface area contributed by atoms with Crippen molar-refractivity contribution in [1.82, 2.24) is 0 Å². The molecule has 0 atom stereocenters. The number of carbonyl (C=O) groups excluding carboxylic acids is 1. The van der Waals surface area contributed by atoms with Gasteiger partial charge >= 0.3 is 5.97 Å². The minimum Gasteiger partial charge on any atom is -0.465 e. The summed E-state index contributed by atoms with van der Waals surface area (Å²) in [6.45, 7) is 1.27. The summed E-state index contributed by atoms with van der Waals surface area (Å²) in [6.07, 6.45) is 8.92. The molecule has 16 heavy (non-hydrogen) atoms. The summed E-state index contributed by atoms with van der Waals surface area (Å²) in [5.74, 6) is 0.628. The third-order valence-electron chi connectivity index (χ3n) is 4.04. The summed E-state index contributed by atoms with van der Waals surface area (Å²) < 4.78 is 5.30. The molecule has 0 unspecified atom stereocenters. The van der Waals surface area contributed by atoms with E-state index in [0.717, 1.165) is 12.8 Å². The van der Waals surface area contributed by atoms with Crippen molar-refractivity contribution in [3.63, 3.8) is 0 Å². The largest absolute Gasteiger partial charge is 0.465 e. The molecule has 0 saturated heterocycles. The van der Waals surface area contributed by atoms with Crippen LogP contribution in [-0.4, -0.2) is 19.1 Å². The van der Waals surface area contributed by atoms with Crippen molar-refractivity contribution in [3.8, 4) is 0 Å². The van der Waals surface area contributed by atoms with Crippen LogP contribution in [0.15, 0.2) is 0 Å². The van der Waals surface area contributed by atoms with E-state index < -0.39 is 0 Å². The van der Waals surface area contributed by atoms with Crippen molar-refractivity contribution in [1.29, 1.82) is 0 Å². The first kappa shape index (κ1) is 11.9. The Morgan fingerprint density at radius 2 is 1.94 bits per heavy atom. The standard InChI is InChI=1S/C13H23NO2/c14-10-13(6-2-1-3-7-13)8-12(15)16-9-11-4-5-11/h11H,1-10,14H2. The fourth-order valence-electron chi connectivity index (χ4n) is 2.61. The number of nitrogens with two attached hydrogens (primary N) is 1. The van der Waals surface area contributed by atoms with Crippen LogP contribution in [0.5, 0.6) is 0 Å². The van der Waals surface area contributed by atoms with Gasteiger partial charge in [-0.25, -0.2) is 0 Å². The summed E-state index contributed by atoms with van der Waals surface area (Å²) in [5.41, 5.74) is 5.90. The van der Waals surface area contributed by atoms with Gasteiger partial charge in [0.25, 0.3) is 0 Å². The van der Waals surface area contributed by atoms with E-state index in [1.54, 1.807) is 0 Å². The average molecular weight is 225 g/mol. The van der Waals surface area contributed by atoms with Crippen molar-refractivity contribution in [3.05, 3.63) is 0 Å². The maximum absolute atomic E-state index is 11.7. The predicted molar refractivity (Wildman–Crippen MR) is 62.9 cm³/mol. The Bertz CT molecular complexity index is 242. The van der Waals surface area contributed by atoms with Gasteiger partial charge in [-0.3, -0.25) is 4.79 Å². The van der Waals surface area contributed by atoms with Crippen molar-refractivity contribution < 1.29 is 9.53 Å². The van der Waals surface area contributed by atoms with Crippen LogP contribution in [0.2, 0.25) is 0 Å². The lowest BCUT2D eigenvalue weighted by molar-refractivity contribution is -0.147. The van der Waals surface area contributed by atoms with Crippen molar-refractivity contribution in [2.75, 3.05) is 13.2 Å². The van der Waals surface area contributed by atoms with Gasteiger partial charge in [0.2, 0.25) is 0 Å². The lowest BCUT2D eigenvalue weighted by Gasteiger charge is -2.35. The van der Waals surface area contributed by atoms with Gasteiger partial charge in [0, 0.05) is 0 Å². The zero-order chi connectivity index (χ0) is 11.4. The second-order valence-corrected chi connectivity index (χ2v) is 5.57. The second-order valence-electron chi connectivity index (χ2n) is 5.57. The summed E-state index contributed by atoms with van der Waals surface area (Å²) in [4.78, 5) is 11.7. The predicted octanol–water partition coefficient (Wildman–Crippen LogP) is 2.24. The highest BCUT2D eigenvalue weighted by atomic mass is 16.5. The molecule has 0 amide bonds. The first-order chi connectivity index (χ1) is 7.74. The molecule has 2 rings (SSSR count). The van der Waals surface area contributed by atoms with E-state index in [1.807, 2.05) is 0 Å². The molecule has 0 heterocycles. The van der Waals surface area contributed by atoms with Crippen LogP contribution in [0.25, 0.3) is 0 Å². The van der Waals surface area contributed by atoms with E-state index in [0.29, 0.717) is 25.5 Å². The third-order valence-corrected chi connectivity index (χ3v) is 4.04. The molecule has 92 valence electrons. The second kappa shape index (κ2) is 5.17. The fraction of sp³-hybridized carbons (Fsp3) is 0.923. The minimum absolute atomic E-state index is 0.0285. The zero-order valence-corrected chi connectivity index (χ0v) is 10.0.